The van der Waals surface area contributed by atoms with Crippen LogP contribution in [-0.4, -0.2) is 43.2 Å². The third kappa shape index (κ3) is 5.58. The summed E-state index contributed by atoms with van der Waals surface area (Å²) >= 11 is 0. The van der Waals surface area contributed by atoms with Gasteiger partial charge in [-0.15, -0.1) is 0 Å². The summed E-state index contributed by atoms with van der Waals surface area (Å²) in [6.07, 6.45) is 7.19. The molecule has 2 heterocycles. The van der Waals surface area contributed by atoms with Crippen LogP contribution in [0.1, 0.15) is 29.0 Å². The fourth-order valence-electron chi connectivity index (χ4n) is 4.03. The Balaban J connectivity index is 1.76. The molecule has 2 aromatic carbocycles. The number of pyridine rings is 1. The molecule has 0 radical (unpaired) electrons. The second-order valence-electron chi connectivity index (χ2n) is 8.23. The van der Waals surface area contributed by atoms with Gasteiger partial charge in [0.05, 0.1) is 31.7 Å². The summed E-state index contributed by atoms with van der Waals surface area (Å²) < 4.78 is 35.4. The van der Waals surface area contributed by atoms with Crippen LogP contribution in [-0.2, 0) is 21.3 Å². The fraction of sp³-hybridized carbons (Fsp3) is 0.280. The zero-order valence-corrected chi connectivity index (χ0v) is 20.0. The second kappa shape index (κ2) is 9.33. The largest absolute Gasteiger partial charge is 0.497 e. The summed E-state index contributed by atoms with van der Waals surface area (Å²) in [6.45, 7) is 2.10. The molecule has 0 saturated carbocycles. The van der Waals surface area contributed by atoms with E-state index in [1.165, 1.54) is 0 Å². The molecule has 4 rings (SSSR count). The molecule has 0 spiro atoms. The Kier molecular flexibility index (Phi) is 6.49. The fourth-order valence-corrected chi connectivity index (χ4v) is 4.43. The molecule has 0 saturated heterocycles. The highest BCUT2D eigenvalue weighted by atomic mass is 32.2. The average Bonchev–Trinajstić information content (AvgIpc) is 3.21. The highest BCUT2D eigenvalue weighted by Gasteiger charge is 2.18. The van der Waals surface area contributed by atoms with Crippen LogP contribution in [0.4, 0.5) is 0 Å². The lowest BCUT2D eigenvalue weighted by atomic mass is 9.87. The van der Waals surface area contributed by atoms with Gasteiger partial charge in [0, 0.05) is 41.9 Å². The lowest BCUT2D eigenvalue weighted by Crippen LogP contribution is -2.10. The Morgan fingerprint density at radius 2 is 1.85 bits per heavy atom. The van der Waals surface area contributed by atoms with E-state index in [-0.39, 0.29) is 12.5 Å². The van der Waals surface area contributed by atoms with E-state index >= 15 is 0 Å². The van der Waals surface area contributed by atoms with Crippen molar-refractivity contribution in [2.45, 2.75) is 19.3 Å². The number of hydrogen-bond acceptors (Lipinski definition) is 6. The maximum Gasteiger partial charge on any atom is 0.264 e. The van der Waals surface area contributed by atoms with Gasteiger partial charge in [-0.2, -0.15) is 13.5 Å². The van der Waals surface area contributed by atoms with Crippen LogP contribution in [0.15, 0.2) is 61.1 Å². The third-order valence-corrected chi connectivity index (χ3v) is 6.16. The van der Waals surface area contributed by atoms with Gasteiger partial charge in [-0.1, -0.05) is 12.1 Å². The molecule has 7 nitrogen and oxygen atoms in total. The molecule has 33 heavy (non-hydrogen) atoms. The van der Waals surface area contributed by atoms with Crippen molar-refractivity contribution in [2.24, 2.45) is 7.05 Å². The van der Waals surface area contributed by atoms with Crippen LogP contribution in [0.2, 0.25) is 0 Å². The van der Waals surface area contributed by atoms with Crippen molar-refractivity contribution in [1.29, 1.82) is 0 Å². The maximum atomic E-state index is 11.5. The van der Waals surface area contributed by atoms with Crippen molar-refractivity contribution in [2.75, 3.05) is 20.0 Å². The standard InChI is InChI=1S/C25H27N3O4S/c1-17-9-19(13-23(10-17)31-3)24(7-8-32-33(4,29)30)18-5-6-25-20(11-18)12-21(14-26-25)22-15-27-28(2)16-22/h5-6,9-16,24H,7-8H2,1-4H3. The molecule has 1 atom stereocenters. The number of nitrogens with zero attached hydrogens (tertiary/aromatic N) is 3. The van der Waals surface area contributed by atoms with Gasteiger partial charge in [0.15, 0.2) is 0 Å². The minimum absolute atomic E-state index is 0.0769. The highest BCUT2D eigenvalue weighted by Crippen LogP contribution is 2.33. The molecule has 8 heteroatoms. The Morgan fingerprint density at radius 1 is 1.03 bits per heavy atom. The molecular formula is C25H27N3O4S. The Morgan fingerprint density at radius 3 is 2.55 bits per heavy atom. The van der Waals surface area contributed by atoms with Crippen LogP contribution < -0.4 is 4.74 Å². The third-order valence-electron chi connectivity index (χ3n) is 5.56. The molecule has 1 unspecified atom stereocenters. The lowest BCUT2D eigenvalue weighted by molar-refractivity contribution is 0.309. The summed E-state index contributed by atoms with van der Waals surface area (Å²) in [5, 5.41) is 5.25. The van der Waals surface area contributed by atoms with Crippen LogP contribution >= 0.6 is 0 Å². The van der Waals surface area contributed by atoms with Gasteiger partial charge in [-0.3, -0.25) is 13.8 Å². The Bertz CT molecular complexity index is 1400. The zero-order chi connectivity index (χ0) is 23.6. The summed E-state index contributed by atoms with van der Waals surface area (Å²) in [7, 11) is 0.00846. The maximum absolute atomic E-state index is 11.5. The van der Waals surface area contributed by atoms with E-state index < -0.39 is 10.1 Å². The smallest absolute Gasteiger partial charge is 0.264 e. The number of rotatable bonds is 8. The predicted molar refractivity (Wildman–Crippen MR) is 129 cm³/mol. The van der Waals surface area contributed by atoms with E-state index in [1.54, 1.807) is 11.8 Å². The van der Waals surface area contributed by atoms with Gasteiger partial charge in [0.2, 0.25) is 0 Å². The van der Waals surface area contributed by atoms with Gasteiger partial charge in [0.1, 0.15) is 5.75 Å². The Labute approximate surface area is 194 Å². The van der Waals surface area contributed by atoms with Crippen molar-refractivity contribution in [3.63, 3.8) is 0 Å². The molecule has 2 aromatic heterocycles. The van der Waals surface area contributed by atoms with E-state index in [2.05, 4.69) is 28.3 Å². The van der Waals surface area contributed by atoms with Crippen LogP contribution in [0.25, 0.3) is 22.0 Å². The van der Waals surface area contributed by atoms with E-state index in [4.69, 9.17) is 8.92 Å². The van der Waals surface area contributed by atoms with Gasteiger partial charge in [0.25, 0.3) is 10.1 Å². The van der Waals surface area contributed by atoms with Crippen LogP contribution in [0, 0.1) is 6.92 Å². The first-order valence-electron chi connectivity index (χ1n) is 10.6. The molecule has 0 aliphatic carbocycles. The molecule has 0 fully saturated rings. The molecule has 0 bridgehead atoms. The van der Waals surface area contributed by atoms with Gasteiger partial charge >= 0.3 is 0 Å². The van der Waals surface area contributed by atoms with E-state index in [9.17, 15) is 8.42 Å². The molecule has 0 aliphatic rings. The van der Waals surface area contributed by atoms with Gasteiger partial charge in [-0.25, -0.2) is 0 Å². The van der Waals surface area contributed by atoms with Crippen LogP contribution in [0.5, 0.6) is 5.75 Å². The van der Waals surface area contributed by atoms with Crippen molar-refractivity contribution in [1.82, 2.24) is 14.8 Å². The van der Waals surface area contributed by atoms with Gasteiger partial charge in [-0.05, 0) is 60.4 Å². The lowest BCUT2D eigenvalue weighted by Gasteiger charge is -2.20. The summed E-state index contributed by atoms with van der Waals surface area (Å²) in [4.78, 5) is 4.61. The van der Waals surface area contributed by atoms with E-state index in [0.29, 0.717) is 6.42 Å². The number of methoxy groups -OCH3 is 1. The van der Waals surface area contributed by atoms with Crippen molar-refractivity contribution >= 4 is 21.0 Å². The molecule has 0 aliphatic heterocycles. The molecule has 0 N–H and O–H groups in total. The predicted octanol–water partition coefficient (Wildman–Crippen LogP) is 4.45. The zero-order valence-electron chi connectivity index (χ0n) is 19.1. The summed E-state index contributed by atoms with van der Waals surface area (Å²) in [6, 6.07) is 14.3. The van der Waals surface area contributed by atoms with Crippen LogP contribution in [0.3, 0.4) is 0 Å². The molecule has 0 amide bonds. The minimum atomic E-state index is -3.52. The first kappa shape index (κ1) is 22.9. The summed E-state index contributed by atoms with van der Waals surface area (Å²) in [5.41, 5.74) is 6.04. The normalized spacial score (nSPS) is 12.7. The molecule has 4 aromatic rings. The monoisotopic (exact) mass is 465 g/mol. The molecular weight excluding hydrogens is 438 g/mol. The molecule has 172 valence electrons. The minimum Gasteiger partial charge on any atom is -0.497 e. The number of hydrogen-bond donors (Lipinski definition) is 0. The number of fused-ring (bicyclic) bond motifs is 1. The van der Waals surface area contributed by atoms with Gasteiger partial charge < -0.3 is 4.74 Å². The van der Waals surface area contributed by atoms with Crippen molar-refractivity contribution in [3.05, 3.63) is 77.7 Å². The number of ether oxygens (including phenoxy) is 1. The first-order chi connectivity index (χ1) is 15.7. The number of aromatic nitrogens is 3. The Hall–Kier alpha value is -3.23. The number of aryl methyl sites for hydroxylation is 2. The van der Waals surface area contributed by atoms with Crippen molar-refractivity contribution in [3.8, 4) is 16.9 Å². The SMILES string of the molecule is COc1cc(C)cc(C(CCOS(C)(=O)=O)c2ccc3ncc(-c4cnn(C)c4)cc3c2)c1. The first-order valence-corrected chi connectivity index (χ1v) is 12.4. The topological polar surface area (TPSA) is 83.3 Å². The van der Waals surface area contributed by atoms with E-state index in [1.807, 2.05) is 56.8 Å². The van der Waals surface area contributed by atoms with E-state index in [0.717, 1.165) is 50.7 Å². The quantitative estimate of drug-likeness (QED) is 0.358. The summed E-state index contributed by atoms with van der Waals surface area (Å²) in [5.74, 6) is 0.687. The highest BCUT2D eigenvalue weighted by molar-refractivity contribution is 7.85. The second-order valence-corrected chi connectivity index (χ2v) is 9.87. The average molecular weight is 466 g/mol. The number of benzene rings is 2. The van der Waals surface area contributed by atoms with Crippen molar-refractivity contribution < 1.29 is 17.3 Å².